The van der Waals surface area contributed by atoms with Gasteiger partial charge in [-0.1, -0.05) is 36.4 Å². The van der Waals surface area contributed by atoms with Crippen LogP contribution in [0.15, 0.2) is 72.4 Å². The number of benzene rings is 1. The van der Waals surface area contributed by atoms with Crippen LogP contribution < -0.4 is 5.32 Å². The maximum atomic E-state index is 13.0. The quantitative estimate of drug-likeness (QED) is 0.491. The molecule has 27 heavy (non-hydrogen) atoms. The second kappa shape index (κ2) is 6.61. The highest BCUT2D eigenvalue weighted by Gasteiger charge is 2.21. The summed E-state index contributed by atoms with van der Waals surface area (Å²) in [6.07, 6.45) is 3.72. The summed E-state index contributed by atoms with van der Waals surface area (Å²) < 4.78 is 2.01. The maximum absolute atomic E-state index is 13.0. The first-order valence-corrected chi connectivity index (χ1v) is 10.1. The van der Waals surface area contributed by atoms with Gasteiger partial charge in [0.05, 0.1) is 22.1 Å². The molecule has 5 aromatic rings. The smallest absolute Gasteiger partial charge is 0.262 e. The van der Waals surface area contributed by atoms with Crippen LogP contribution in [0, 0.1) is 0 Å². The summed E-state index contributed by atoms with van der Waals surface area (Å²) in [5.41, 5.74) is 2.77. The number of imidazole rings is 1. The Morgan fingerprint density at radius 3 is 2.78 bits per heavy atom. The van der Waals surface area contributed by atoms with Gasteiger partial charge in [-0.15, -0.1) is 22.7 Å². The second-order valence-corrected chi connectivity index (χ2v) is 7.94. The third-order valence-electron chi connectivity index (χ3n) is 4.36. The number of hydrogen-bond acceptors (Lipinski definition) is 5. The van der Waals surface area contributed by atoms with Gasteiger partial charge >= 0.3 is 0 Å². The van der Waals surface area contributed by atoms with Crippen LogP contribution in [0.2, 0.25) is 0 Å². The number of fused-ring (bicyclic) bond motifs is 3. The minimum Gasteiger partial charge on any atom is -0.339 e. The summed E-state index contributed by atoms with van der Waals surface area (Å²) in [5.74, 6) is -0.124. The Labute approximate surface area is 163 Å². The first-order valence-electron chi connectivity index (χ1n) is 8.41. The van der Waals surface area contributed by atoms with Crippen molar-refractivity contribution >= 4 is 43.9 Å². The Kier molecular flexibility index (Phi) is 3.95. The van der Waals surface area contributed by atoms with E-state index in [-0.39, 0.29) is 11.9 Å². The molecule has 0 saturated carbocycles. The molecule has 0 aliphatic carbocycles. The maximum Gasteiger partial charge on any atom is 0.262 e. The van der Waals surface area contributed by atoms with Crippen LogP contribution >= 0.6 is 22.7 Å². The molecular formula is C20H14N4OS2. The number of aromatic nitrogens is 3. The third kappa shape index (κ3) is 2.90. The van der Waals surface area contributed by atoms with E-state index in [1.54, 1.807) is 17.5 Å². The van der Waals surface area contributed by atoms with E-state index >= 15 is 0 Å². The minimum atomic E-state index is -0.307. The zero-order valence-corrected chi connectivity index (χ0v) is 15.7. The van der Waals surface area contributed by atoms with E-state index in [2.05, 4.69) is 15.3 Å². The molecule has 0 spiro atoms. The van der Waals surface area contributed by atoms with Crippen LogP contribution in [0.5, 0.6) is 0 Å². The third-order valence-corrected chi connectivity index (χ3v) is 6.13. The number of nitrogens with zero attached hydrogens (tertiary/aromatic N) is 3. The van der Waals surface area contributed by atoms with E-state index in [0.29, 0.717) is 4.88 Å². The van der Waals surface area contributed by atoms with Gasteiger partial charge in [0.2, 0.25) is 0 Å². The van der Waals surface area contributed by atoms with Crippen molar-refractivity contribution in [1.82, 2.24) is 19.7 Å². The predicted octanol–water partition coefficient (Wildman–Crippen LogP) is 4.52. The molecule has 1 N–H and O–H groups in total. The molecule has 0 aliphatic heterocycles. The monoisotopic (exact) mass is 390 g/mol. The summed E-state index contributed by atoms with van der Waals surface area (Å²) in [7, 11) is 0. The summed E-state index contributed by atoms with van der Waals surface area (Å²) in [6, 6.07) is 17.2. The predicted molar refractivity (Wildman–Crippen MR) is 108 cm³/mol. The average Bonchev–Trinajstić information content (AvgIpc) is 3.39. The van der Waals surface area contributed by atoms with Crippen LogP contribution in [0.4, 0.5) is 0 Å². The molecule has 1 unspecified atom stereocenters. The molecule has 0 aliphatic rings. The van der Waals surface area contributed by atoms with Crippen molar-refractivity contribution in [2.75, 3.05) is 0 Å². The number of hydrogen-bond donors (Lipinski definition) is 1. The molecule has 7 heteroatoms. The molecule has 1 amide bonds. The molecule has 5 rings (SSSR count). The lowest BCUT2D eigenvalue weighted by Gasteiger charge is -2.18. The summed E-state index contributed by atoms with van der Waals surface area (Å²) >= 11 is 3.00. The van der Waals surface area contributed by atoms with E-state index in [1.165, 1.54) is 11.3 Å². The van der Waals surface area contributed by atoms with Gasteiger partial charge in [-0.25, -0.2) is 4.98 Å². The number of thiazole rings is 1. The van der Waals surface area contributed by atoms with E-state index in [0.717, 1.165) is 26.6 Å². The SMILES string of the molecule is O=C(NC(c1ccccc1)c1ccccn1)c1cc2c(nc3sccn32)s1. The highest BCUT2D eigenvalue weighted by molar-refractivity contribution is 7.21. The van der Waals surface area contributed by atoms with Crippen molar-refractivity contribution in [3.05, 3.63) is 88.5 Å². The number of carbonyl (C=O) groups excluding carboxylic acids is 1. The summed E-state index contributed by atoms with van der Waals surface area (Å²) in [4.78, 5) is 24.5. The number of carbonyl (C=O) groups is 1. The van der Waals surface area contributed by atoms with Gasteiger partial charge in [0.1, 0.15) is 4.83 Å². The molecule has 4 aromatic heterocycles. The largest absolute Gasteiger partial charge is 0.339 e. The Morgan fingerprint density at radius 2 is 1.96 bits per heavy atom. The first kappa shape index (κ1) is 16.2. The van der Waals surface area contributed by atoms with Crippen LogP contribution in [0.1, 0.15) is 27.0 Å². The highest BCUT2D eigenvalue weighted by atomic mass is 32.1. The second-order valence-electron chi connectivity index (χ2n) is 6.04. The molecule has 132 valence electrons. The van der Waals surface area contributed by atoms with Crippen molar-refractivity contribution < 1.29 is 4.79 Å². The molecule has 0 radical (unpaired) electrons. The number of amides is 1. The molecule has 1 atom stereocenters. The van der Waals surface area contributed by atoms with Crippen LogP contribution in [-0.2, 0) is 0 Å². The fourth-order valence-electron chi connectivity index (χ4n) is 3.08. The van der Waals surface area contributed by atoms with E-state index in [1.807, 2.05) is 70.6 Å². The van der Waals surface area contributed by atoms with Gasteiger partial charge in [-0.2, -0.15) is 0 Å². The van der Waals surface area contributed by atoms with Gasteiger partial charge in [0.25, 0.3) is 5.91 Å². The van der Waals surface area contributed by atoms with Crippen molar-refractivity contribution in [3.63, 3.8) is 0 Å². The lowest BCUT2D eigenvalue weighted by Crippen LogP contribution is -2.29. The Morgan fingerprint density at radius 1 is 1.11 bits per heavy atom. The zero-order chi connectivity index (χ0) is 18.2. The van der Waals surface area contributed by atoms with Gasteiger partial charge in [0.15, 0.2) is 4.96 Å². The molecule has 0 fully saturated rings. The fourth-order valence-corrected chi connectivity index (χ4v) is 4.79. The van der Waals surface area contributed by atoms with E-state index in [4.69, 9.17) is 0 Å². The number of pyridine rings is 1. The van der Waals surface area contributed by atoms with Crippen molar-refractivity contribution in [3.8, 4) is 0 Å². The zero-order valence-electron chi connectivity index (χ0n) is 14.1. The average molecular weight is 390 g/mol. The van der Waals surface area contributed by atoms with Crippen molar-refractivity contribution in [2.45, 2.75) is 6.04 Å². The molecule has 0 saturated heterocycles. The van der Waals surface area contributed by atoms with Crippen molar-refractivity contribution in [2.24, 2.45) is 0 Å². The number of thiophene rings is 1. The number of rotatable bonds is 4. The summed E-state index contributed by atoms with van der Waals surface area (Å²) in [6.45, 7) is 0. The number of nitrogens with one attached hydrogen (secondary N) is 1. The van der Waals surface area contributed by atoms with Crippen LogP contribution in [0.25, 0.3) is 15.3 Å². The fraction of sp³-hybridized carbons (Fsp3) is 0.0500. The molecule has 5 nitrogen and oxygen atoms in total. The lowest BCUT2D eigenvalue weighted by molar-refractivity contribution is 0.0946. The van der Waals surface area contributed by atoms with Gasteiger partial charge < -0.3 is 5.32 Å². The molecular weight excluding hydrogens is 376 g/mol. The van der Waals surface area contributed by atoms with Crippen LogP contribution in [0.3, 0.4) is 0 Å². The summed E-state index contributed by atoms with van der Waals surface area (Å²) in [5, 5.41) is 5.12. The van der Waals surface area contributed by atoms with E-state index in [9.17, 15) is 4.79 Å². The topological polar surface area (TPSA) is 59.3 Å². The normalized spacial score (nSPS) is 12.4. The van der Waals surface area contributed by atoms with Gasteiger partial charge in [0, 0.05) is 17.8 Å². The standard InChI is InChI=1S/C20H14N4OS2/c25-18(16-12-15-19(27-16)23-20-24(15)10-11-26-20)22-17(13-6-2-1-3-7-13)14-8-4-5-9-21-14/h1-12,17H,(H,22,25). The molecule has 4 heterocycles. The Balaban J connectivity index is 1.50. The highest BCUT2D eigenvalue weighted by Crippen LogP contribution is 2.29. The Bertz CT molecular complexity index is 1180. The molecule has 0 bridgehead atoms. The van der Waals surface area contributed by atoms with Crippen LogP contribution in [-0.4, -0.2) is 20.3 Å². The molecule has 1 aromatic carbocycles. The van der Waals surface area contributed by atoms with Crippen molar-refractivity contribution in [1.29, 1.82) is 0 Å². The Hall–Kier alpha value is -3.03. The van der Waals surface area contributed by atoms with Gasteiger partial charge in [-0.3, -0.25) is 14.2 Å². The minimum absolute atomic E-state index is 0.124. The van der Waals surface area contributed by atoms with Gasteiger partial charge in [-0.05, 0) is 23.8 Å². The lowest BCUT2D eigenvalue weighted by atomic mass is 10.0. The van der Waals surface area contributed by atoms with E-state index < -0.39 is 0 Å². The first-order chi connectivity index (χ1) is 13.3.